The Kier molecular flexibility index (Phi) is 7.98. The van der Waals surface area contributed by atoms with Gasteiger partial charge in [-0.15, -0.1) is 0 Å². The first-order valence-corrected chi connectivity index (χ1v) is 1.34. The van der Waals surface area contributed by atoms with Gasteiger partial charge in [-0.2, -0.15) is 0 Å². The van der Waals surface area contributed by atoms with Crippen LogP contribution in [0.15, 0.2) is 0 Å². The maximum atomic E-state index is 7.79. The minimum absolute atomic E-state index is 0. The van der Waals surface area contributed by atoms with E-state index in [9.17, 15) is 0 Å². The van der Waals surface area contributed by atoms with Crippen molar-refractivity contribution in [2.24, 2.45) is 0 Å². The van der Waals surface area contributed by atoms with Gasteiger partial charge in [-0.1, -0.05) is 0 Å². The summed E-state index contributed by atoms with van der Waals surface area (Å²) in [6.45, 7) is 1.45. The van der Waals surface area contributed by atoms with Gasteiger partial charge in [0.1, 0.15) is 0 Å². The van der Waals surface area contributed by atoms with E-state index >= 15 is 0 Å². The molecule has 0 rings (SSSR count). The van der Waals surface area contributed by atoms with Gasteiger partial charge < -0.3 is 5.11 Å². The molecular formula is C2H6OSSe. The van der Waals surface area contributed by atoms with E-state index in [-0.39, 0.29) is 22.1 Å². The second-order valence-electron chi connectivity index (χ2n) is 0.519. The summed E-state index contributed by atoms with van der Waals surface area (Å²) in [5.74, 6) is 0. The van der Waals surface area contributed by atoms with E-state index in [1.165, 1.54) is 6.92 Å². The number of aliphatic hydroxyl groups is 1. The fourth-order valence-electron chi connectivity index (χ4n) is 0. The van der Waals surface area contributed by atoms with Gasteiger partial charge in [0.15, 0.2) is 5.05 Å². The summed E-state index contributed by atoms with van der Waals surface area (Å²) in [6, 6.07) is 0. The third kappa shape index (κ3) is 153. The van der Waals surface area contributed by atoms with Crippen molar-refractivity contribution in [1.82, 2.24) is 0 Å². The SMILES string of the molecule is CC(O)=S.[SeH2]. The number of hydrogen-bond donors (Lipinski definition) is 1. The Morgan fingerprint density at radius 2 is 1.80 bits per heavy atom. The molecule has 0 saturated carbocycles. The molecule has 0 heterocycles. The van der Waals surface area contributed by atoms with E-state index < -0.39 is 0 Å². The normalized spacial score (nSPS) is 5.00. The Balaban J connectivity index is 0. The van der Waals surface area contributed by atoms with Gasteiger partial charge in [0.2, 0.25) is 0 Å². The average Bonchev–Trinajstić information content (AvgIpc) is 0.811. The molecule has 0 saturated heterocycles. The van der Waals surface area contributed by atoms with Crippen LogP contribution in [0.3, 0.4) is 0 Å². The summed E-state index contributed by atoms with van der Waals surface area (Å²) in [5.41, 5.74) is 0. The molecule has 0 aliphatic rings. The molecule has 0 spiro atoms. The van der Waals surface area contributed by atoms with Crippen molar-refractivity contribution < 1.29 is 5.11 Å². The zero-order chi connectivity index (χ0) is 3.58. The van der Waals surface area contributed by atoms with Gasteiger partial charge in [-0.05, 0) is 12.2 Å². The monoisotopic (exact) mass is 158 g/mol. The number of aliphatic hydroxyl groups excluding tert-OH is 1. The van der Waals surface area contributed by atoms with Gasteiger partial charge in [-0.25, -0.2) is 0 Å². The molecule has 0 unspecified atom stereocenters. The first-order chi connectivity index (χ1) is 1.73. The summed E-state index contributed by atoms with van der Waals surface area (Å²) in [5, 5.41) is 7.79. The third-order valence-electron chi connectivity index (χ3n) is 0. The van der Waals surface area contributed by atoms with E-state index in [1.54, 1.807) is 0 Å². The Bertz CT molecular complexity index is 32.6. The number of rotatable bonds is 0. The molecule has 0 fully saturated rings. The van der Waals surface area contributed by atoms with E-state index in [2.05, 4.69) is 12.2 Å². The molecule has 0 atom stereocenters. The first kappa shape index (κ1) is 9.05. The van der Waals surface area contributed by atoms with Crippen molar-refractivity contribution in [3.8, 4) is 0 Å². The molecule has 0 aromatic carbocycles. The van der Waals surface area contributed by atoms with E-state index in [0.29, 0.717) is 0 Å². The van der Waals surface area contributed by atoms with Crippen molar-refractivity contribution in [3.05, 3.63) is 0 Å². The zero-order valence-corrected chi connectivity index (χ0v) is 5.77. The Morgan fingerprint density at radius 1 is 1.80 bits per heavy atom. The predicted molar refractivity (Wildman–Crippen MR) is 29.4 cm³/mol. The molecule has 32 valence electrons. The molecular weight excluding hydrogens is 151 g/mol. The molecule has 1 N–H and O–H groups in total. The van der Waals surface area contributed by atoms with Crippen LogP contribution < -0.4 is 0 Å². The summed E-state index contributed by atoms with van der Waals surface area (Å²) in [7, 11) is 0. The van der Waals surface area contributed by atoms with Crippen LogP contribution in [0, 0.1) is 0 Å². The van der Waals surface area contributed by atoms with Crippen LogP contribution in [0.1, 0.15) is 6.92 Å². The van der Waals surface area contributed by atoms with Crippen LogP contribution in [-0.2, 0) is 0 Å². The van der Waals surface area contributed by atoms with Crippen LogP contribution in [0.4, 0.5) is 0 Å². The molecule has 0 aromatic heterocycles. The summed E-state index contributed by atoms with van der Waals surface area (Å²) < 4.78 is 0. The molecule has 0 aromatic rings. The van der Waals surface area contributed by atoms with Gasteiger partial charge in [0.05, 0.1) is 0 Å². The summed E-state index contributed by atoms with van der Waals surface area (Å²) in [4.78, 5) is 0. The van der Waals surface area contributed by atoms with Crippen molar-refractivity contribution in [2.45, 2.75) is 6.92 Å². The molecule has 0 bridgehead atoms. The molecule has 5 heavy (non-hydrogen) atoms. The quantitative estimate of drug-likeness (QED) is 0.393. The maximum absolute atomic E-state index is 7.79. The van der Waals surface area contributed by atoms with Crippen LogP contribution >= 0.6 is 12.2 Å². The fourth-order valence-corrected chi connectivity index (χ4v) is 0. The zero-order valence-electron chi connectivity index (χ0n) is 2.86. The number of thiocarbonyl (C=S) groups is 1. The average molecular weight is 157 g/mol. The van der Waals surface area contributed by atoms with Crippen LogP contribution in [0.5, 0.6) is 0 Å². The Labute approximate surface area is 46.9 Å². The molecule has 0 radical (unpaired) electrons. The van der Waals surface area contributed by atoms with E-state index in [4.69, 9.17) is 5.11 Å². The standard InChI is InChI=1S/C2H4OS.H2Se/c1-2(3)4;/h1H3,(H,3,4);1H2. The van der Waals surface area contributed by atoms with Crippen molar-refractivity contribution in [3.63, 3.8) is 0 Å². The van der Waals surface area contributed by atoms with Crippen LogP contribution in [0.2, 0.25) is 0 Å². The van der Waals surface area contributed by atoms with Gasteiger partial charge in [-0.3, -0.25) is 0 Å². The van der Waals surface area contributed by atoms with Crippen molar-refractivity contribution in [1.29, 1.82) is 0 Å². The van der Waals surface area contributed by atoms with E-state index in [0.717, 1.165) is 0 Å². The van der Waals surface area contributed by atoms with Gasteiger partial charge in [0.25, 0.3) is 0 Å². The van der Waals surface area contributed by atoms with Gasteiger partial charge in [0, 0.05) is 6.92 Å². The Morgan fingerprint density at radius 3 is 1.80 bits per heavy atom. The number of hydrogen-bond acceptors (Lipinski definition) is 1. The van der Waals surface area contributed by atoms with Crippen LogP contribution in [-0.4, -0.2) is 27.2 Å². The topological polar surface area (TPSA) is 20.2 Å². The molecule has 0 aliphatic heterocycles. The predicted octanol–water partition coefficient (Wildman–Crippen LogP) is -0.0245. The second kappa shape index (κ2) is 4.41. The second-order valence-corrected chi connectivity index (χ2v) is 1.11. The van der Waals surface area contributed by atoms with Crippen molar-refractivity contribution >= 4 is 34.3 Å². The first-order valence-electron chi connectivity index (χ1n) is 0.928. The minimum atomic E-state index is 0. The van der Waals surface area contributed by atoms with Gasteiger partial charge >= 0.3 is 17.1 Å². The fraction of sp³-hybridized carbons (Fsp3) is 0.500. The summed E-state index contributed by atoms with van der Waals surface area (Å²) in [6.07, 6.45) is 0. The van der Waals surface area contributed by atoms with Crippen LogP contribution in [0.25, 0.3) is 0 Å². The summed E-state index contributed by atoms with van der Waals surface area (Å²) >= 11 is 4.09. The molecule has 1 nitrogen and oxygen atoms in total. The molecule has 0 amide bonds. The van der Waals surface area contributed by atoms with E-state index in [1.807, 2.05) is 0 Å². The van der Waals surface area contributed by atoms with Crippen molar-refractivity contribution in [2.75, 3.05) is 0 Å². The molecule has 0 aliphatic carbocycles. The third-order valence-corrected chi connectivity index (χ3v) is 0. The molecule has 3 heteroatoms. The Hall–Kier alpha value is 0.409.